The van der Waals surface area contributed by atoms with Crippen molar-refractivity contribution in [2.45, 2.75) is 13.5 Å². The zero-order valence-corrected chi connectivity index (χ0v) is 11.7. The molecule has 1 aromatic carbocycles. The van der Waals surface area contributed by atoms with Crippen molar-refractivity contribution in [1.82, 2.24) is 0 Å². The summed E-state index contributed by atoms with van der Waals surface area (Å²) in [5.41, 5.74) is 1.53. The molecule has 2 nitrogen and oxygen atoms in total. The maximum absolute atomic E-state index is 11.0. The predicted octanol–water partition coefficient (Wildman–Crippen LogP) is 4.21. The topological polar surface area (TPSA) is 26.3 Å². The lowest BCUT2D eigenvalue weighted by molar-refractivity contribution is 0.111. The van der Waals surface area contributed by atoms with E-state index in [1.54, 1.807) is 17.4 Å². The van der Waals surface area contributed by atoms with Gasteiger partial charge in [-0.05, 0) is 36.1 Å². The minimum absolute atomic E-state index is 0.501. The molecule has 0 saturated carbocycles. The standard InChI is InChI=1S/C13H11BrO2S/c1-9-5-11(14)6-10(7-15)13(9)16-8-12-3-2-4-17-12/h2-7H,8H2,1H3. The molecule has 2 aromatic rings. The number of aryl methyl sites for hydroxylation is 1. The van der Waals surface area contributed by atoms with Gasteiger partial charge in [-0.1, -0.05) is 22.0 Å². The van der Waals surface area contributed by atoms with Gasteiger partial charge in [0.25, 0.3) is 0 Å². The molecule has 0 aliphatic heterocycles. The second-order valence-electron chi connectivity index (χ2n) is 3.63. The van der Waals surface area contributed by atoms with E-state index in [0.717, 1.165) is 21.2 Å². The lowest BCUT2D eigenvalue weighted by atomic mass is 10.1. The molecule has 0 unspecified atom stereocenters. The summed E-state index contributed by atoms with van der Waals surface area (Å²) in [4.78, 5) is 12.1. The van der Waals surface area contributed by atoms with Crippen LogP contribution in [0.3, 0.4) is 0 Å². The lowest BCUT2D eigenvalue weighted by Crippen LogP contribution is -1.99. The van der Waals surface area contributed by atoms with Crippen LogP contribution in [0.4, 0.5) is 0 Å². The molecule has 1 aromatic heterocycles. The maximum atomic E-state index is 11.0. The minimum Gasteiger partial charge on any atom is -0.487 e. The largest absolute Gasteiger partial charge is 0.487 e. The molecule has 4 heteroatoms. The molecule has 0 aliphatic carbocycles. The van der Waals surface area contributed by atoms with Crippen molar-refractivity contribution < 1.29 is 9.53 Å². The van der Waals surface area contributed by atoms with Gasteiger partial charge >= 0.3 is 0 Å². The number of carbonyl (C=O) groups excluding carboxylic acids is 1. The fourth-order valence-electron chi connectivity index (χ4n) is 1.58. The number of hydrogen-bond acceptors (Lipinski definition) is 3. The minimum atomic E-state index is 0.501. The number of thiophene rings is 1. The Kier molecular flexibility index (Phi) is 3.97. The maximum Gasteiger partial charge on any atom is 0.153 e. The van der Waals surface area contributed by atoms with Gasteiger partial charge in [0.15, 0.2) is 6.29 Å². The second-order valence-corrected chi connectivity index (χ2v) is 5.57. The Morgan fingerprint density at radius 2 is 2.29 bits per heavy atom. The van der Waals surface area contributed by atoms with Crippen LogP contribution in [0.25, 0.3) is 0 Å². The third-order valence-corrected chi connectivity index (χ3v) is 3.64. The monoisotopic (exact) mass is 310 g/mol. The second kappa shape index (κ2) is 5.47. The molecule has 0 spiro atoms. The van der Waals surface area contributed by atoms with Crippen LogP contribution in [0.15, 0.2) is 34.1 Å². The molecule has 1 heterocycles. The number of ether oxygens (including phenoxy) is 1. The van der Waals surface area contributed by atoms with Crippen LogP contribution >= 0.6 is 27.3 Å². The number of hydrogen-bond donors (Lipinski definition) is 0. The SMILES string of the molecule is Cc1cc(Br)cc(C=O)c1OCc1cccs1. The van der Waals surface area contributed by atoms with Crippen molar-refractivity contribution in [1.29, 1.82) is 0 Å². The molecule has 0 atom stereocenters. The Hall–Kier alpha value is -1.13. The summed E-state index contributed by atoms with van der Waals surface area (Å²) in [6.45, 7) is 2.43. The zero-order valence-electron chi connectivity index (χ0n) is 9.27. The molecule has 2 rings (SSSR count). The Balaban J connectivity index is 2.22. The summed E-state index contributed by atoms with van der Waals surface area (Å²) in [6.07, 6.45) is 0.821. The van der Waals surface area contributed by atoms with E-state index in [1.165, 1.54) is 0 Å². The van der Waals surface area contributed by atoms with Gasteiger partial charge in [0.2, 0.25) is 0 Å². The van der Waals surface area contributed by atoms with Gasteiger partial charge in [-0.15, -0.1) is 11.3 Å². The first-order valence-corrected chi connectivity index (χ1v) is 6.78. The van der Waals surface area contributed by atoms with Gasteiger partial charge in [-0.3, -0.25) is 4.79 Å². The van der Waals surface area contributed by atoms with Crippen LogP contribution in [0.2, 0.25) is 0 Å². The van der Waals surface area contributed by atoms with E-state index in [1.807, 2.05) is 30.5 Å². The lowest BCUT2D eigenvalue weighted by Gasteiger charge is -2.11. The van der Waals surface area contributed by atoms with Crippen LogP contribution in [0.5, 0.6) is 5.75 Å². The normalized spacial score (nSPS) is 10.2. The van der Waals surface area contributed by atoms with Crippen molar-refractivity contribution >= 4 is 33.6 Å². The highest BCUT2D eigenvalue weighted by atomic mass is 79.9. The molecule has 0 radical (unpaired) electrons. The molecule has 0 saturated heterocycles. The first-order chi connectivity index (χ1) is 8.20. The molecule has 88 valence electrons. The first-order valence-electron chi connectivity index (χ1n) is 5.11. The molecular weight excluding hydrogens is 300 g/mol. The summed E-state index contributed by atoms with van der Waals surface area (Å²) in [5.74, 6) is 0.664. The quantitative estimate of drug-likeness (QED) is 0.791. The summed E-state index contributed by atoms with van der Waals surface area (Å²) in [7, 11) is 0. The van der Waals surface area contributed by atoms with E-state index < -0.39 is 0 Å². The van der Waals surface area contributed by atoms with E-state index in [0.29, 0.717) is 17.9 Å². The Bertz CT molecular complexity index is 520. The summed E-state index contributed by atoms with van der Waals surface area (Å²) in [5, 5.41) is 2.01. The van der Waals surface area contributed by atoms with E-state index >= 15 is 0 Å². The molecule has 0 bridgehead atoms. The van der Waals surface area contributed by atoms with Gasteiger partial charge < -0.3 is 4.74 Å². The average molecular weight is 311 g/mol. The fourth-order valence-corrected chi connectivity index (χ4v) is 2.78. The zero-order chi connectivity index (χ0) is 12.3. The van der Waals surface area contributed by atoms with E-state index in [9.17, 15) is 4.79 Å². The highest BCUT2D eigenvalue weighted by Crippen LogP contribution is 2.28. The van der Waals surface area contributed by atoms with Crippen molar-refractivity contribution in [3.8, 4) is 5.75 Å². The smallest absolute Gasteiger partial charge is 0.153 e. The number of aldehydes is 1. The summed E-state index contributed by atoms with van der Waals surface area (Å²) in [6, 6.07) is 7.71. The van der Waals surface area contributed by atoms with Crippen molar-refractivity contribution in [2.24, 2.45) is 0 Å². The molecule has 0 amide bonds. The Morgan fingerprint density at radius 3 is 2.94 bits per heavy atom. The number of halogens is 1. The van der Waals surface area contributed by atoms with E-state index in [4.69, 9.17) is 4.74 Å². The number of rotatable bonds is 4. The molecule has 0 fully saturated rings. The van der Waals surface area contributed by atoms with Gasteiger partial charge in [-0.25, -0.2) is 0 Å². The third-order valence-electron chi connectivity index (χ3n) is 2.33. The molecule has 0 aliphatic rings. The Labute approximate surface area is 112 Å². The summed E-state index contributed by atoms with van der Waals surface area (Å²) < 4.78 is 6.61. The van der Waals surface area contributed by atoms with Crippen LogP contribution in [-0.2, 0) is 6.61 Å². The third kappa shape index (κ3) is 2.96. The van der Waals surface area contributed by atoms with Crippen LogP contribution in [0.1, 0.15) is 20.8 Å². The first kappa shape index (κ1) is 12.3. The summed E-state index contributed by atoms with van der Waals surface area (Å²) >= 11 is 5.01. The highest BCUT2D eigenvalue weighted by molar-refractivity contribution is 9.10. The number of benzene rings is 1. The highest BCUT2D eigenvalue weighted by Gasteiger charge is 2.08. The van der Waals surface area contributed by atoms with Crippen LogP contribution in [-0.4, -0.2) is 6.29 Å². The average Bonchev–Trinajstić information content (AvgIpc) is 2.79. The van der Waals surface area contributed by atoms with Crippen LogP contribution < -0.4 is 4.74 Å². The van der Waals surface area contributed by atoms with Gasteiger partial charge in [0.05, 0.1) is 5.56 Å². The van der Waals surface area contributed by atoms with E-state index in [-0.39, 0.29) is 0 Å². The van der Waals surface area contributed by atoms with Gasteiger partial charge in [-0.2, -0.15) is 0 Å². The van der Waals surface area contributed by atoms with Crippen LogP contribution in [0, 0.1) is 6.92 Å². The van der Waals surface area contributed by atoms with Crippen molar-refractivity contribution in [3.05, 3.63) is 50.1 Å². The van der Waals surface area contributed by atoms with Crippen molar-refractivity contribution in [3.63, 3.8) is 0 Å². The van der Waals surface area contributed by atoms with Gasteiger partial charge in [0, 0.05) is 9.35 Å². The van der Waals surface area contributed by atoms with Crippen molar-refractivity contribution in [2.75, 3.05) is 0 Å². The molecule has 17 heavy (non-hydrogen) atoms. The molecule has 0 N–H and O–H groups in total. The predicted molar refractivity (Wildman–Crippen MR) is 72.9 cm³/mol. The molecular formula is C13H11BrO2S. The fraction of sp³-hybridized carbons (Fsp3) is 0.154. The van der Waals surface area contributed by atoms with E-state index in [2.05, 4.69) is 15.9 Å². The Morgan fingerprint density at radius 1 is 1.47 bits per heavy atom. The number of carbonyl (C=O) groups is 1. The van der Waals surface area contributed by atoms with Gasteiger partial charge in [0.1, 0.15) is 12.4 Å².